The molecule has 0 radical (unpaired) electrons. The number of hydrogen-bond donors (Lipinski definition) is 1. The van der Waals surface area contributed by atoms with Gasteiger partial charge in [-0.3, -0.25) is 4.79 Å². The topological polar surface area (TPSA) is 64.6 Å². The number of halogens is 3. The molecule has 0 saturated heterocycles. The van der Waals surface area contributed by atoms with E-state index in [9.17, 15) is 18.4 Å². The number of carbonyl (C=O) groups excluding carboxylic acids is 2. The number of benzene rings is 2. The first-order chi connectivity index (χ1) is 11.5. The molecular weight excluding hydrogens is 388 g/mol. The Morgan fingerprint density at radius 2 is 1.83 bits per heavy atom. The molecule has 0 unspecified atom stereocenters. The van der Waals surface area contributed by atoms with Crippen molar-refractivity contribution in [2.45, 2.75) is 0 Å². The number of esters is 1. The van der Waals surface area contributed by atoms with Crippen molar-refractivity contribution in [3.05, 3.63) is 58.6 Å². The largest absolute Gasteiger partial charge is 0.481 e. The molecule has 0 bridgehead atoms. The Labute approximate surface area is 144 Å². The second-order valence-electron chi connectivity index (χ2n) is 4.55. The molecular formula is C16H12BrF2NO4. The van der Waals surface area contributed by atoms with Gasteiger partial charge in [0.2, 0.25) is 0 Å². The molecule has 2 aromatic rings. The van der Waals surface area contributed by atoms with Crippen molar-refractivity contribution >= 4 is 33.5 Å². The molecule has 0 saturated carbocycles. The summed E-state index contributed by atoms with van der Waals surface area (Å²) in [5.41, 5.74) is -0.00922. The van der Waals surface area contributed by atoms with E-state index >= 15 is 0 Å². The zero-order valence-electron chi connectivity index (χ0n) is 12.2. The van der Waals surface area contributed by atoms with E-state index in [0.717, 1.165) is 0 Å². The third-order valence-corrected chi connectivity index (χ3v) is 3.37. The van der Waals surface area contributed by atoms with Gasteiger partial charge in [0.15, 0.2) is 13.2 Å². The van der Waals surface area contributed by atoms with Crippen molar-refractivity contribution in [2.24, 2.45) is 0 Å². The van der Waals surface area contributed by atoms with E-state index in [-0.39, 0.29) is 11.4 Å². The van der Waals surface area contributed by atoms with Crippen LogP contribution in [0.2, 0.25) is 0 Å². The molecule has 8 heteroatoms. The van der Waals surface area contributed by atoms with Crippen LogP contribution < -0.4 is 10.1 Å². The van der Waals surface area contributed by atoms with Crippen LogP contribution in [0.4, 0.5) is 14.5 Å². The SMILES string of the molecule is O=C(COC(=O)COc1ccc(F)cc1Br)Nc1ccccc1F. The van der Waals surface area contributed by atoms with Gasteiger partial charge in [-0.25, -0.2) is 13.6 Å². The van der Waals surface area contributed by atoms with Crippen molar-refractivity contribution in [3.63, 3.8) is 0 Å². The normalized spacial score (nSPS) is 10.1. The summed E-state index contributed by atoms with van der Waals surface area (Å²) in [4.78, 5) is 23.1. The molecule has 2 rings (SSSR count). The standard InChI is InChI=1S/C16H12BrF2NO4/c17-11-7-10(18)5-6-14(11)23-9-16(22)24-8-15(21)20-13-4-2-1-3-12(13)19/h1-7H,8-9H2,(H,20,21). The lowest BCUT2D eigenvalue weighted by Crippen LogP contribution is -2.24. The molecule has 0 fully saturated rings. The van der Waals surface area contributed by atoms with Crippen LogP contribution in [0.5, 0.6) is 5.75 Å². The van der Waals surface area contributed by atoms with E-state index in [1.807, 2.05) is 0 Å². The highest BCUT2D eigenvalue weighted by molar-refractivity contribution is 9.10. The average Bonchev–Trinajstić information content (AvgIpc) is 2.54. The molecule has 1 N–H and O–H groups in total. The molecule has 24 heavy (non-hydrogen) atoms. The van der Waals surface area contributed by atoms with Crippen molar-refractivity contribution in [1.29, 1.82) is 0 Å². The molecule has 2 aromatic carbocycles. The van der Waals surface area contributed by atoms with E-state index in [1.54, 1.807) is 6.07 Å². The summed E-state index contributed by atoms with van der Waals surface area (Å²) in [7, 11) is 0. The van der Waals surface area contributed by atoms with Gasteiger partial charge < -0.3 is 14.8 Å². The number of nitrogens with one attached hydrogen (secondary N) is 1. The van der Waals surface area contributed by atoms with Gasteiger partial charge in [-0.1, -0.05) is 12.1 Å². The third-order valence-electron chi connectivity index (χ3n) is 2.75. The Morgan fingerprint density at radius 3 is 2.54 bits per heavy atom. The van der Waals surface area contributed by atoms with Crippen LogP contribution >= 0.6 is 15.9 Å². The number of carbonyl (C=O) groups is 2. The maximum absolute atomic E-state index is 13.3. The third kappa shape index (κ3) is 5.31. The summed E-state index contributed by atoms with van der Waals surface area (Å²) in [6.07, 6.45) is 0. The average molecular weight is 400 g/mol. The van der Waals surface area contributed by atoms with Crippen LogP contribution in [0.3, 0.4) is 0 Å². The van der Waals surface area contributed by atoms with Crippen molar-refractivity contribution < 1.29 is 27.8 Å². The summed E-state index contributed by atoms with van der Waals surface area (Å²) in [6.45, 7) is -1.04. The van der Waals surface area contributed by atoms with Crippen molar-refractivity contribution in [1.82, 2.24) is 0 Å². The second-order valence-corrected chi connectivity index (χ2v) is 5.41. The molecule has 1 amide bonds. The molecule has 0 aromatic heterocycles. The van der Waals surface area contributed by atoms with Crippen LogP contribution in [0.15, 0.2) is 46.9 Å². The van der Waals surface area contributed by atoms with E-state index in [2.05, 4.69) is 21.2 Å². The number of amides is 1. The van der Waals surface area contributed by atoms with Gasteiger partial charge in [0.05, 0.1) is 10.2 Å². The van der Waals surface area contributed by atoms with E-state index < -0.39 is 36.7 Å². The van der Waals surface area contributed by atoms with Gasteiger partial charge in [-0.2, -0.15) is 0 Å². The maximum atomic E-state index is 13.3. The van der Waals surface area contributed by atoms with Crippen molar-refractivity contribution in [2.75, 3.05) is 18.5 Å². The van der Waals surface area contributed by atoms with Crippen LogP contribution in [-0.2, 0) is 14.3 Å². The first-order valence-electron chi connectivity index (χ1n) is 6.73. The van der Waals surface area contributed by atoms with Gasteiger partial charge in [0.25, 0.3) is 5.91 Å². The summed E-state index contributed by atoms with van der Waals surface area (Å²) < 4.78 is 36.5. The molecule has 0 aliphatic carbocycles. The lowest BCUT2D eigenvalue weighted by atomic mass is 10.3. The molecule has 0 heterocycles. The van der Waals surface area contributed by atoms with Gasteiger partial charge in [0.1, 0.15) is 17.4 Å². The fourth-order valence-electron chi connectivity index (χ4n) is 1.67. The fraction of sp³-hybridized carbons (Fsp3) is 0.125. The molecule has 0 aliphatic rings. The smallest absolute Gasteiger partial charge is 0.344 e. The number of ether oxygens (including phenoxy) is 2. The van der Waals surface area contributed by atoms with E-state index in [4.69, 9.17) is 9.47 Å². The minimum absolute atomic E-state index is 0.00922. The Bertz CT molecular complexity index is 755. The predicted octanol–water partition coefficient (Wildman–Crippen LogP) is 3.29. The lowest BCUT2D eigenvalue weighted by Gasteiger charge is -2.09. The summed E-state index contributed by atoms with van der Waals surface area (Å²) in [6, 6.07) is 9.31. The fourth-order valence-corrected chi connectivity index (χ4v) is 2.13. The second kappa shape index (κ2) is 8.39. The zero-order valence-corrected chi connectivity index (χ0v) is 13.8. The number of anilines is 1. The minimum atomic E-state index is -0.796. The zero-order chi connectivity index (χ0) is 17.5. The Hall–Kier alpha value is -2.48. The summed E-state index contributed by atoms with van der Waals surface area (Å²) in [5.74, 6) is -2.28. The maximum Gasteiger partial charge on any atom is 0.344 e. The van der Waals surface area contributed by atoms with Gasteiger partial charge in [-0.15, -0.1) is 0 Å². The number of hydrogen-bond acceptors (Lipinski definition) is 4. The highest BCUT2D eigenvalue weighted by Crippen LogP contribution is 2.25. The van der Waals surface area contributed by atoms with Gasteiger partial charge in [-0.05, 0) is 46.3 Å². The summed E-state index contributed by atoms with van der Waals surface area (Å²) in [5, 5.41) is 2.27. The van der Waals surface area contributed by atoms with Crippen LogP contribution in [-0.4, -0.2) is 25.1 Å². The quantitative estimate of drug-likeness (QED) is 0.756. The number of para-hydroxylation sites is 1. The van der Waals surface area contributed by atoms with Crippen LogP contribution in [0.25, 0.3) is 0 Å². The lowest BCUT2D eigenvalue weighted by molar-refractivity contribution is -0.149. The summed E-state index contributed by atoms with van der Waals surface area (Å²) >= 11 is 3.09. The van der Waals surface area contributed by atoms with Crippen LogP contribution in [0.1, 0.15) is 0 Å². The molecule has 0 atom stereocenters. The van der Waals surface area contributed by atoms with Crippen molar-refractivity contribution in [3.8, 4) is 5.75 Å². The Morgan fingerprint density at radius 1 is 1.08 bits per heavy atom. The van der Waals surface area contributed by atoms with Gasteiger partial charge in [0, 0.05) is 0 Å². The molecule has 5 nitrogen and oxygen atoms in total. The Balaban J connectivity index is 1.76. The highest BCUT2D eigenvalue weighted by atomic mass is 79.9. The molecule has 0 spiro atoms. The van der Waals surface area contributed by atoms with Crippen LogP contribution in [0, 0.1) is 11.6 Å². The first kappa shape index (κ1) is 17.9. The van der Waals surface area contributed by atoms with E-state index in [0.29, 0.717) is 4.47 Å². The number of rotatable bonds is 6. The molecule has 0 aliphatic heterocycles. The predicted molar refractivity (Wildman–Crippen MR) is 85.6 cm³/mol. The highest BCUT2D eigenvalue weighted by Gasteiger charge is 2.11. The minimum Gasteiger partial charge on any atom is -0.481 e. The van der Waals surface area contributed by atoms with Gasteiger partial charge >= 0.3 is 5.97 Å². The first-order valence-corrected chi connectivity index (χ1v) is 7.53. The Kier molecular flexibility index (Phi) is 6.25. The van der Waals surface area contributed by atoms with E-state index in [1.165, 1.54) is 36.4 Å². The monoisotopic (exact) mass is 399 g/mol. The molecule has 126 valence electrons.